The van der Waals surface area contributed by atoms with Gasteiger partial charge >= 0.3 is 164 Å². The molecule has 0 radical (unpaired) electrons. The number of halogens is 2. The summed E-state index contributed by atoms with van der Waals surface area (Å²) in [5.74, 6) is -1.48. The molecule has 0 saturated heterocycles. The van der Waals surface area contributed by atoms with Crippen LogP contribution in [0.5, 0.6) is 0 Å². The van der Waals surface area contributed by atoms with E-state index in [1.807, 2.05) is 0 Å². The van der Waals surface area contributed by atoms with Gasteiger partial charge in [0.15, 0.2) is 0 Å². The second-order valence-electron chi connectivity index (χ2n) is 6.44. The van der Waals surface area contributed by atoms with E-state index < -0.39 is 26.9 Å². The number of benzene rings is 3. The fraction of sp³-hybridized carbons (Fsp3) is 0.0455. The summed E-state index contributed by atoms with van der Waals surface area (Å²) in [7, 11) is 0. The van der Waals surface area contributed by atoms with Gasteiger partial charge in [-0.15, -0.1) is 0 Å². The fourth-order valence-corrected chi connectivity index (χ4v) is 31.5. The van der Waals surface area contributed by atoms with E-state index in [2.05, 4.69) is 100 Å². The summed E-state index contributed by atoms with van der Waals surface area (Å²) in [5, 5.41) is 2.88. The average Bonchev–Trinajstić information content (AvgIpc) is 3.13. The van der Waals surface area contributed by atoms with Crippen LogP contribution in [0.4, 0.5) is 0 Å². The molecule has 141 valence electrons. The van der Waals surface area contributed by atoms with Crippen LogP contribution in [0.1, 0.15) is 14.8 Å². The molecule has 1 unspecified atom stereocenters. The number of hydrogen-bond acceptors (Lipinski definition) is 1. The van der Waals surface area contributed by atoms with E-state index in [4.69, 9.17) is 0 Å². The van der Waals surface area contributed by atoms with Crippen molar-refractivity contribution in [2.24, 2.45) is 0 Å². The molecule has 3 aromatic carbocycles. The van der Waals surface area contributed by atoms with Gasteiger partial charge in [-0.3, -0.25) is 0 Å². The number of hydrogen-bond donors (Lipinski definition) is 1. The first-order chi connectivity index (χ1) is 12.9. The van der Waals surface area contributed by atoms with Crippen molar-refractivity contribution in [2.75, 3.05) is 0 Å². The van der Waals surface area contributed by atoms with Crippen molar-refractivity contribution in [2.45, 2.75) is 3.67 Å². The summed E-state index contributed by atoms with van der Waals surface area (Å²) in [6.45, 7) is 0. The van der Waals surface area contributed by atoms with Crippen molar-refractivity contribution in [3.05, 3.63) is 102 Å². The summed E-state index contributed by atoms with van der Waals surface area (Å²) in [4.78, 5) is 11.6. The van der Waals surface area contributed by atoms with E-state index in [0.717, 1.165) is 6.41 Å². The minimum Gasteiger partial charge on any atom is -1.00 e. The van der Waals surface area contributed by atoms with E-state index in [-0.39, 0.29) is 24.8 Å². The van der Waals surface area contributed by atoms with Crippen molar-refractivity contribution in [3.63, 3.8) is 0 Å². The maximum Gasteiger partial charge on any atom is -1.00 e. The summed E-state index contributed by atoms with van der Waals surface area (Å²) >= 11 is -2.58. The third-order valence-electron chi connectivity index (χ3n) is 4.94. The van der Waals surface area contributed by atoms with Gasteiger partial charge in [0.25, 0.3) is 0 Å². The van der Waals surface area contributed by atoms with Crippen molar-refractivity contribution in [3.8, 4) is 0 Å². The van der Waals surface area contributed by atoms with Crippen LogP contribution >= 0.6 is 0 Å². The van der Waals surface area contributed by atoms with Crippen LogP contribution in [0.3, 0.4) is 0 Å². The van der Waals surface area contributed by atoms with Crippen molar-refractivity contribution < 1.29 is 50.5 Å². The third kappa shape index (κ3) is 4.74. The molecule has 4 rings (SSSR count). The number of fused-ring (bicyclic) bond motifs is 1. The van der Waals surface area contributed by atoms with E-state index >= 15 is 0 Å². The maximum absolute atomic E-state index is 11.6. The van der Waals surface area contributed by atoms with E-state index in [9.17, 15) is 4.79 Å². The van der Waals surface area contributed by atoms with Crippen LogP contribution in [0.2, 0.25) is 0 Å². The molecule has 0 aromatic heterocycles. The van der Waals surface area contributed by atoms with Gasteiger partial charge < -0.3 is 24.8 Å². The molecule has 1 aliphatic rings. The monoisotopic (exact) mass is 592 g/mol. The Morgan fingerprint density at radius 3 is 1.89 bits per heavy atom. The predicted molar refractivity (Wildman–Crippen MR) is 107 cm³/mol. The fourth-order valence-electron chi connectivity index (χ4n) is 3.78. The number of rotatable bonds is 6. The first-order valence-corrected chi connectivity index (χ1v) is 20.6. The predicted octanol–water partition coefficient (Wildman–Crippen LogP) is -3.42. The number of amides is 1. The van der Waals surface area contributed by atoms with Gasteiger partial charge in [0.1, 0.15) is 0 Å². The zero-order valence-corrected chi connectivity index (χ0v) is 21.4. The number of allylic oxidation sites excluding steroid dienone is 1. The van der Waals surface area contributed by atoms with Gasteiger partial charge in [0.05, 0.1) is 0 Å². The van der Waals surface area contributed by atoms with Crippen LogP contribution in [-0.2, 0) is 25.7 Å². The Morgan fingerprint density at radius 1 is 0.786 bits per heavy atom. The van der Waals surface area contributed by atoms with Gasteiger partial charge in [0, 0.05) is 0 Å². The smallest absolute Gasteiger partial charge is 1.00 e. The van der Waals surface area contributed by atoms with E-state index in [1.165, 1.54) is 21.5 Å². The summed E-state index contributed by atoms with van der Waals surface area (Å²) in [6, 6.07) is 30.3. The zero-order valence-electron chi connectivity index (χ0n) is 15.1. The largest absolute Gasteiger partial charge is 1.00 e. The molecule has 2 nitrogen and oxygen atoms in total. The molecule has 0 bridgehead atoms. The standard InChI is InChI=1S/C12H11Si.C9H7.CH3NO.2ClH.Hf/c1-3-7-11(8-4-1)13-12-9-5-2-6-10-12;1-2-5-9-7-3-6-8(9)4-1;2-1-3;;;/h1-10,13H;1-7H;1H,(H2,2,3);2*1H;/q;;;;;+3/p-3. The Bertz CT molecular complexity index is 885. The molecule has 0 heterocycles. The second kappa shape index (κ2) is 10.9. The van der Waals surface area contributed by atoms with Crippen molar-refractivity contribution >= 4 is 28.8 Å². The van der Waals surface area contributed by atoms with Crippen LogP contribution < -0.4 is 38.5 Å². The quantitative estimate of drug-likeness (QED) is 0.235. The molecular formula is C22H20Cl2HfNOSi. The van der Waals surface area contributed by atoms with Crippen LogP contribution in [-0.4, -0.2) is 12.4 Å². The molecule has 1 aliphatic carbocycles. The summed E-state index contributed by atoms with van der Waals surface area (Å²) < 4.78 is 3.82. The van der Waals surface area contributed by atoms with Crippen molar-refractivity contribution in [1.29, 1.82) is 0 Å². The Kier molecular flexibility index (Phi) is 8.89. The number of carbonyl (C=O) groups excluding carboxylic acids is 1. The Morgan fingerprint density at radius 2 is 1.32 bits per heavy atom. The summed E-state index contributed by atoms with van der Waals surface area (Å²) in [6.07, 6.45) is 5.54. The summed E-state index contributed by atoms with van der Waals surface area (Å²) in [5.41, 5.74) is 2.70. The zero-order chi connectivity index (χ0) is 17.8. The van der Waals surface area contributed by atoms with Crippen LogP contribution in [0.15, 0.2) is 91.0 Å². The molecule has 0 spiro atoms. The topological polar surface area (TPSA) is 29.1 Å². The molecule has 0 saturated carbocycles. The average molecular weight is 592 g/mol. The molecule has 1 amide bonds. The molecule has 28 heavy (non-hydrogen) atoms. The van der Waals surface area contributed by atoms with Crippen LogP contribution in [0.25, 0.3) is 6.08 Å². The van der Waals surface area contributed by atoms with Gasteiger partial charge in [-0.05, 0) is 0 Å². The molecule has 0 aliphatic heterocycles. The van der Waals surface area contributed by atoms with Gasteiger partial charge in [-0.1, -0.05) is 0 Å². The molecule has 0 fully saturated rings. The van der Waals surface area contributed by atoms with E-state index in [1.54, 1.807) is 0 Å². The minimum atomic E-state index is -2.58. The van der Waals surface area contributed by atoms with Crippen molar-refractivity contribution in [1.82, 2.24) is 3.30 Å². The SMILES string of the molecule is O=C[NH][Hf+2]([CH]1C=Cc2ccccc21)[SiH](c1ccccc1)c1ccccc1.[Cl-].[Cl-]. The Labute approximate surface area is 187 Å². The Hall–Kier alpha value is -1.46. The first kappa shape index (κ1) is 22.8. The van der Waals surface area contributed by atoms with Crippen LogP contribution in [0, 0.1) is 0 Å². The third-order valence-corrected chi connectivity index (χ3v) is 31.7. The number of nitrogens with one attached hydrogen (secondary N) is 1. The minimum absolute atomic E-state index is 0. The Balaban J connectivity index is 0.00000140. The molecule has 1 N–H and O–H groups in total. The normalized spacial score (nSPS) is 13.8. The first-order valence-electron chi connectivity index (χ1n) is 8.82. The molecule has 3 aromatic rings. The molecule has 6 heteroatoms. The van der Waals surface area contributed by atoms with E-state index in [0.29, 0.717) is 3.67 Å². The molecule has 1 atom stereocenters. The van der Waals surface area contributed by atoms with Gasteiger partial charge in [0.2, 0.25) is 0 Å². The second-order valence-corrected chi connectivity index (χ2v) is 26.5. The maximum atomic E-state index is 11.6. The van der Waals surface area contributed by atoms with Gasteiger partial charge in [-0.25, -0.2) is 0 Å². The number of carbonyl (C=O) groups is 1. The molecular weight excluding hydrogens is 572 g/mol. The van der Waals surface area contributed by atoms with Gasteiger partial charge in [-0.2, -0.15) is 0 Å².